The van der Waals surface area contributed by atoms with Gasteiger partial charge in [-0.05, 0) is 0 Å². The van der Waals surface area contributed by atoms with Crippen LogP contribution in [0.2, 0.25) is 0 Å². The Morgan fingerprint density at radius 1 is 1.43 bits per heavy atom. The second-order valence-corrected chi connectivity index (χ2v) is 7.65. The van der Waals surface area contributed by atoms with Crippen LogP contribution in [0.4, 0.5) is 0 Å². The maximum absolute atomic E-state index is 8.60. The van der Waals surface area contributed by atoms with Crippen LogP contribution in [0.1, 0.15) is 0 Å². The van der Waals surface area contributed by atoms with Crippen LogP contribution in [0, 0.1) is 0 Å². The van der Waals surface area contributed by atoms with Crippen molar-refractivity contribution in [2.24, 2.45) is 0 Å². The van der Waals surface area contributed by atoms with Gasteiger partial charge in [-0.25, -0.2) is 0 Å². The van der Waals surface area contributed by atoms with E-state index in [-0.39, 0.29) is 0 Å². The molecule has 0 aliphatic rings. The third kappa shape index (κ3) is 7.26. The summed E-state index contributed by atoms with van der Waals surface area (Å²) in [6, 6.07) is 0. The second kappa shape index (κ2) is 3.32. The Labute approximate surface area is 57.6 Å². The fourth-order valence-electron chi connectivity index (χ4n) is 0.114. The van der Waals surface area contributed by atoms with E-state index in [0.29, 0.717) is 12.0 Å². The molecule has 0 heterocycles. The molecule has 0 aromatic carbocycles. The van der Waals surface area contributed by atoms with E-state index in [1.54, 1.807) is 0 Å². The van der Waals surface area contributed by atoms with E-state index in [1.165, 1.54) is 0 Å². The van der Waals surface area contributed by atoms with Crippen molar-refractivity contribution in [3.05, 3.63) is 0 Å². The summed E-state index contributed by atoms with van der Waals surface area (Å²) in [6.07, 6.45) is -2.51. The standard InChI is InChI=1S/C2H6Cl3OP/c3-1-2-7(4,5)6/h6-7H,1-2H2. The first-order chi connectivity index (χ1) is 3.06. The molecule has 0 aliphatic heterocycles. The summed E-state index contributed by atoms with van der Waals surface area (Å²) >= 11 is 15.6. The van der Waals surface area contributed by atoms with Crippen molar-refractivity contribution in [3.8, 4) is 0 Å². The van der Waals surface area contributed by atoms with Crippen LogP contribution in [-0.2, 0) is 0 Å². The minimum atomic E-state index is -2.84. The van der Waals surface area contributed by atoms with E-state index < -0.39 is 6.19 Å². The van der Waals surface area contributed by atoms with Gasteiger partial charge < -0.3 is 0 Å². The molecular formula is C2H6Cl3OP. The average Bonchev–Trinajstić information content (AvgIpc) is 1.30. The molecular weight excluding hydrogens is 177 g/mol. The van der Waals surface area contributed by atoms with Gasteiger partial charge in [0.05, 0.1) is 0 Å². The molecule has 0 aliphatic carbocycles. The van der Waals surface area contributed by atoms with Crippen molar-refractivity contribution in [1.82, 2.24) is 0 Å². The molecule has 0 spiro atoms. The van der Waals surface area contributed by atoms with Crippen LogP contribution in [-0.4, -0.2) is 16.9 Å². The summed E-state index contributed by atoms with van der Waals surface area (Å²) in [5.41, 5.74) is 0. The van der Waals surface area contributed by atoms with Crippen molar-refractivity contribution in [1.29, 1.82) is 0 Å². The van der Waals surface area contributed by atoms with E-state index in [1.807, 2.05) is 0 Å². The first kappa shape index (κ1) is 8.26. The van der Waals surface area contributed by atoms with E-state index in [4.69, 9.17) is 39.0 Å². The van der Waals surface area contributed by atoms with Crippen LogP contribution in [0.5, 0.6) is 0 Å². The average molecular weight is 183 g/mol. The third-order valence-corrected chi connectivity index (χ3v) is 2.89. The van der Waals surface area contributed by atoms with Gasteiger partial charge >= 0.3 is 57.2 Å². The van der Waals surface area contributed by atoms with E-state index >= 15 is 0 Å². The molecule has 0 aromatic rings. The molecule has 0 amide bonds. The van der Waals surface area contributed by atoms with Crippen molar-refractivity contribution >= 4 is 40.3 Å². The van der Waals surface area contributed by atoms with Gasteiger partial charge in [0.1, 0.15) is 0 Å². The number of hydrogen-bond donors (Lipinski definition) is 1. The molecule has 0 unspecified atom stereocenters. The van der Waals surface area contributed by atoms with Crippen LogP contribution >= 0.6 is 40.3 Å². The van der Waals surface area contributed by atoms with Crippen LogP contribution in [0.25, 0.3) is 0 Å². The SMILES string of the molecule is O[PH](Cl)(Cl)CCCl. The van der Waals surface area contributed by atoms with Crippen molar-refractivity contribution in [2.45, 2.75) is 0 Å². The molecule has 1 N–H and O–H groups in total. The molecule has 0 atom stereocenters. The van der Waals surface area contributed by atoms with E-state index in [9.17, 15) is 0 Å². The minimum absolute atomic E-state index is 0.329. The van der Waals surface area contributed by atoms with Gasteiger partial charge in [0.15, 0.2) is 0 Å². The summed E-state index contributed by atoms with van der Waals surface area (Å²) in [6.45, 7) is 0. The zero-order valence-electron chi connectivity index (χ0n) is 3.50. The molecule has 0 bridgehead atoms. The molecule has 5 heteroatoms. The Balaban J connectivity index is 3.15. The van der Waals surface area contributed by atoms with Crippen molar-refractivity contribution in [3.63, 3.8) is 0 Å². The quantitative estimate of drug-likeness (QED) is 0.514. The normalized spacial score (nSPS) is 14.3. The van der Waals surface area contributed by atoms with Crippen LogP contribution < -0.4 is 0 Å². The molecule has 7 heavy (non-hydrogen) atoms. The first-order valence-electron chi connectivity index (χ1n) is 1.72. The summed E-state index contributed by atoms with van der Waals surface area (Å²) in [5, 5.41) is 0. The fraction of sp³-hybridized carbons (Fsp3) is 1.00. The van der Waals surface area contributed by atoms with Crippen molar-refractivity contribution < 1.29 is 4.89 Å². The Kier molecular flexibility index (Phi) is 3.92. The van der Waals surface area contributed by atoms with Gasteiger partial charge in [0.2, 0.25) is 0 Å². The topological polar surface area (TPSA) is 20.2 Å². The van der Waals surface area contributed by atoms with Gasteiger partial charge in [-0.1, -0.05) is 0 Å². The molecule has 0 aromatic heterocycles. The van der Waals surface area contributed by atoms with E-state index in [2.05, 4.69) is 0 Å². The summed E-state index contributed by atoms with van der Waals surface area (Å²) in [5.74, 6) is 0.329. The van der Waals surface area contributed by atoms with Gasteiger partial charge in [0.25, 0.3) is 0 Å². The third-order valence-electron chi connectivity index (χ3n) is 0.395. The van der Waals surface area contributed by atoms with Crippen molar-refractivity contribution in [2.75, 3.05) is 12.0 Å². The Bertz CT molecular complexity index is 51.4. The maximum atomic E-state index is 8.60. The Morgan fingerprint density at radius 2 is 1.86 bits per heavy atom. The Morgan fingerprint density at radius 3 is 1.86 bits per heavy atom. The second-order valence-electron chi connectivity index (χ2n) is 1.10. The molecule has 46 valence electrons. The number of alkyl halides is 1. The Hall–Kier alpha value is 1.26. The first-order valence-corrected chi connectivity index (χ1v) is 6.43. The summed E-state index contributed by atoms with van der Waals surface area (Å²) < 4.78 is 0. The van der Waals surface area contributed by atoms with Crippen LogP contribution in [0.15, 0.2) is 0 Å². The summed E-state index contributed by atoms with van der Waals surface area (Å²) in [4.78, 5) is 8.60. The van der Waals surface area contributed by atoms with Gasteiger partial charge in [-0.3, -0.25) is 0 Å². The zero-order chi connectivity index (χ0) is 5.91. The molecule has 0 saturated carbocycles. The molecule has 0 radical (unpaired) electrons. The predicted octanol–water partition coefficient (Wildman–Crippen LogP) is 2.19. The van der Waals surface area contributed by atoms with Gasteiger partial charge in [-0.15, -0.1) is 0 Å². The van der Waals surface area contributed by atoms with Gasteiger partial charge in [0, 0.05) is 0 Å². The van der Waals surface area contributed by atoms with E-state index in [0.717, 1.165) is 0 Å². The number of hydrogen-bond acceptors (Lipinski definition) is 1. The predicted molar refractivity (Wildman–Crippen MR) is 37.8 cm³/mol. The van der Waals surface area contributed by atoms with Gasteiger partial charge in [-0.2, -0.15) is 0 Å². The molecule has 0 fully saturated rings. The zero-order valence-corrected chi connectivity index (χ0v) is 6.76. The van der Waals surface area contributed by atoms with Crippen LogP contribution in [0.3, 0.4) is 0 Å². The molecule has 0 saturated heterocycles. The fourth-order valence-corrected chi connectivity index (χ4v) is 2.31. The molecule has 0 rings (SSSR count). The monoisotopic (exact) mass is 182 g/mol. The summed E-state index contributed by atoms with van der Waals surface area (Å²) in [7, 11) is 0. The number of rotatable bonds is 2. The molecule has 1 nitrogen and oxygen atoms in total. The number of halogens is 3.